The van der Waals surface area contributed by atoms with Crippen LogP contribution in [0.25, 0.3) is 21.9 Å². The van der Waals surface area contributed by atoms with E-state index in [9.17, 15) is 0 Å². The Kier molecular flexibility index (Phi) is 3.57. The third-order valence-electron chi connectivity index (χ3n) is 6.50. The summed E-state index contributed by atoms with van der Waals surface area (Å²) in [5.74, 6) is 0. The van der Waals surface area contributed by atoms with Gasteiger partial charge in [0.05, 0.1) is 0 Å². The molecule has 3 aromatic rings. The van der Waals surface area contributed by atoms with Crippen molar-refractivity contribution < 1.29 is 0 Å². The maximum absolute atomic E-state index is 2.55. The summed E-state index contributed by atoms with van der Waals surface area (Å²) in [6, 6.07) is 18.5. The first-order valence-corrected chi connectivity index (χ1v) is 10.0. The molecule has 3 aromatic carbocycles. The fraction of sp³-hybridized carbons (Fsp3) is 0.308. The quantitative estimate of drug-likeness (QED) is 0.379. The second-order valence-corrected chi connectivity index (χ2v) is 8.18. The lowest BCUT2D eigenvalue weighted by atomic mass is 9.72. The molecule has 0 heterocycles. The molecule has 0 radical (unpaired) electrons. The zero-order valence-corrected chi connectivity index (χ0v) is 15.8. The van der Waals surface area contributed by atoms with Crippen molar-refractivity contribution in [1.82, 2.24) is 0 Å². The molecule has 26 heavy (non-hydrogen) atoms. The predicted molar refractivity (Wildman–Crippen MR) is 112 cm³/mol. The van der Waals surface area contributed by atoms with E-state index in [0.717, 1.165) is 0 Å². The van der Waals surface area contributed by atoms with E-state index in [0.29, 0.717) is 0 Å². The standard InChI is InChI=1S/C26H26/c1-18-12-13-22-23(16-18)26(14-8-4-3-5-9-15-26)24-17-19(2)20-10-6-7-11-21(20)25(22)24/h6-8,10-14,16-17H,3-5,9,15H2,1-2H3/b14-8-. The minimum absolute atomic E-state index is 0.0614. The highest BCUT2D eigenvalue weighted by Crippen LogP contribution is 2.55. The molecular formula is C26H26. The van der Waals surface area contributed by atoms with Gasteiger partial charge in [0.1, 0.15) is 0 Å². The summed E-state index contributed by atoms with van der Waals surface area (Å²) < 4.78 is 0. The molecule has 2 aliphatic rings. The van der Waals surface area contributed by atoms with Crippen molar-refractivity contribution >= 4 is 10.8 Å². The fourth-order valence-electron chi connectivity index (χ4n) is 5.25. The van der Waals surface area contributed by atoms with Crippen LogP contribution in [0.3, 0.4) is 0 Å². The number of fused-ring (bicyclic) bond motifs is 7. The molecular weight excluding hydrogens is 312 g/mol. The monoisotopic (exact) mass is 338 g/mol. The lowest BCUT2D eigenvalue weighted by molar-refractivity contribution is 0.519. The summed E-state index contributed by atoms with van der Waals surface area (Å²) in [4.78, 5) is 0. The van der Waals surface area contributed by atoms with Crippen LogP contribution in [0, 0.1) is 13.8 Å². The highest BCUT2D eigenvalue weighted by atomic mass is 14.4. The minimum atomic E-state index is 0.0614. The summed E-state index contributed by atoms with van der Waals surface area (Å²) in [5.41, 5.74) is 8.82. The molecule has 1 atom stereocenters. The van der Waals surface area contributed by atoms with Gasteiger partial charge in [-0.15, -0.1) is 0 Å². The van der Waals surface area contributed by atoms with Crippen LogP contribution >= 0.6 is 0 Å². The highest BCUT2D eigenvalue weighted by molar-refractivity contribution is 6.04. The Bertz CT molecular complexity index is 1040. The maximum atomic E-state index is 2.55. The smallest absolute Gasteiger partial charge is 0.0394 e. The van der Waals surface area contributed by atoms with E-state index in [4.69, 9.17) is 0 Å². The largest absolute Gasteiger partial charge is 0.0873 e. The lowest BCUT2D eigenvalue weighted by Gasteiger charge is -2.31. The van der Waals surface area contributed by atoms with Gasteiger partial charge in [-0.1, -0.05) is 79.1 Å². The summed E-state index contributed by atoms with van der Waals surface area (Å²) >= 11 is 0. The molecule has 0 fully saturated rings. The van der Waals surface area contributed by atoms with Gasteiger partial charge in [-0.2, -0.15) is 0 Å². The first-order valence-electron chi connectivity index (χ1n) is 10.0. The van der Waals surface area contributed by atoms with E-state index < -0.39 is 0 Å². The van der Waals surface area contributed by atoms with Gasteiger partial charge in [0.15, 0.2) is 0 Å². The van der Waals surface area contributed by atoms with Crippen molar-refractivity contribution in [3.63, 3.8) is 0 Å². The molecule has 0 aromatic heterocycles. The van der Waals surface area contributed by atoms with Crippen molar-refractivity contribution in [2.24, 2.45) is 0 Å². The van der Waals surface area contributed by atoms with Crippen LogP contribution in [0.4, 0.5) is 0 Å². The van der Waals surface area contributed by atoms with E-state index in [1.165, 1.54) is 76.3 Å². The Hall–Kier alpha value is -2.34. The van der Waals surface area contributed by atoms with Gasteiger partial charge in [0.2, 0.25) is 0 Å². The molecule has 0 heteroatoms. The average molecular weight is 338 g/mol. The Morgan fingerprint density at radius 1 is 0.808 bits per heavy atom. The molecule has 1 spiro atoms. The minimum Gasteiger partial charge on any atom is -0.0873 e. The third-order valence-corrected chi connectivity index (χ3v) is 6.50. The SMILES string of the molecule is Cc1ccc2c(c1)C1(/C=C\CCCCC1)c1cc(C)c3ccccc3c1-2. The second-order valence-electron chi connectivity index (χ2n) is 8.18. The lowest BCUT2D eigenvalue weighted by Crippen LogP contribution is -2.23. The van der Waals surface area contributed by atoms with Crippen LogP contribution in [0.5, 0.6) is 0 Å². The van der Waals surface area contributed by atoms with Crippen molar-refractivity contribution in [1.29, 1.82) is 0 Å². The van der Waals surface area contributed by atoms with Crippen LogP contribution in [0.2, 0.25) is 0 Å². The molecule has 1 unspecified atom stereocenters. The zero-order chi connectivity index (χ0) is 17.7. The Balaban J connectivity index is 1.92. The molecule has 5 rings (SSSR count). The average Bonchev–Trinajstić information content (AvgIpc) is 2.88. The topological polar surface area (TPSA) is 0 Å². The summed E-state index contributed by atoms with van der Waals surface area (Å²) in [5, 5.41) is 2.81. The van der Waals surface area contributed by atoms with Crippen LogP contribution in [0.15, 0.2) is 60.7 Å². The zero-order valence-electron chi connectivity index (χ0n) is 15.8. The van der Waals surface area contributed by atoms with Gasteiger partial charge >= 0.3 is 0 Å². The Morgan fingerprint density at radius 3 is 2.54 bits per heavy atom. The van der Waals surface area contributed by atoms with Crippen LogP contribution in [0.1, 0.15) is 54.4 Å². The molecule has 0 saturated carbocycles. The predicted octanol–water partition coefficient (Wildman–Crippen LogP) is 7.24. The number of benzene rings is 3. The van der Waals surface area contributed by atoms with Gasteiger partial charge < -0.3 is 0 Å². The van der Waals surface area contributed by atoms with Gasteiger partial charge in [-0.25, -0.2) is 0 Å². The number of allylic oxidation sites excluding steroid dienone is 2. The molecule has 2 aliphatic carbocycles. The third kappa shape index (κ3) is 2.14. The summed E-state index contributed by atoms with van der Waals surface area (Å²) in [7, 11) is 0. The second kappa shape index (κ2) is 5.84. The highest BCUT2D eigenvalue weighted by Gasteiger charge is 2.42. The van der Waals surface area contributed by atoms with E-state index in [1.807, 2.05) is 0 Å². The fourth-order valence-corrected chi connectivity index (χ4v) is 5.25. The summed E-state index contributed by atoms with van der Waals surface area (Å²) in [6.07, 6.45) is 11.4. The van der Waals surface area contributed by atoms with Crippen molar-refractivity contribution in [2.75, 3.05) is 0 Å². The number of aryl methyl sites for hydroxylation is 2. The van der Waals surface area contributed by atoms with Crippen molar-refractivity contribution in [3.8, 4) is 11.1 Å². The van der Waals surface area contributed by atoms with Gasteiger partial charge in [-0.3, -0.25) is 0 Å². The first kappa shape index (κ1) is 15.9. The van der Waals surface area contributed by atoms with E-state index >= 15 is 0 Å². The number of hydrogen-bond donors (Lipinski definition) is 0. The number of rotatable bonds is 0. The maximum Gasteiger partial charge on any atom is 0.0394 e. The van der Waals surface area contributed by atoms with Gasteiger partial charge in [0, 0.05) is 5.41 Å². The Labute approximate surface area is 156 Å². The van der Waals surface area contributed by atoms with Crippen LogP contribution < -0.4 is 0 Å². The first-order chi connectivity index (χ1) is 12.7. The molecule has 0 N–H and O–H groups in total. The van der Waals surface area contributed by atoms with Gasteiger partial charge in [-0.05, 0) is 71.7 Å². The van der Waals surface area contributed by atoms with Crippen LogP contribution in [-0.4, -0.2) is 0 Å². The van der Waals surface area contributed by atoms with E-state index in [2.05, 4.69) is 74.5 Å². The molecule has 0 amide bonds. The Morgan fingerprint density at radius 2 is 1.65 bits per heavy atom. The van der Waals surface area contributed by atoms with E-state index in [1.54, 1.807) is 0 Å². The summed E-state index contributed by atoms with van der Waals surface area (Å²) in [6.45, 7) is 4.50. The molecule has 130 valence electrons. The van der Waals surface area contributed by atoms with Gasteiger partial charge in [0.25, 0.3) is 0 Å². The molecule has 0 bridgehead atoms. The molecule has 0 saturated heterocycles. The molecule has 0 aliphatic heterocycles. The van der Waals surface area contributed by atoms with Crippen molar-refractivity contribution in [2.45, 2.75) is 51.4 Å². The van der Waals surface area contributed by atoms with Crippen LogP contribution in [-0.2, 0) is 5.41 Å². The van der Waals surface area contributed by atoms with Crippen molar-refractivity contribution in [3.05, 3.63) is 82.9 Å². The number of hydrogen-bond acceptors (Lipinski definition) is 0. The normalized spacial score (nSPS) is 22.7. The molecule has 0 nitrogen and oxygen atoms in total. The van der Waals surface area contributed by atoms with E-state index in [-0.39, 0.29) is 5.41 Å².